The summed E-state index contributed by atoms with van der Waals surface area (Å²) in [4.78, 5) is 0. The molecule has 1 heterocycles. The second-order valence-corrected chi connectivity index (χ2v) is 6.49. The van der Waals surface area contributed by atoms with E-state index in [-0.39, 0.29) is 12.4 Å². The highest BCUT2D eigenvalue weighted by Gasteiger charge is 2.16. The molecule has 0 atom stereocenters. The molecule has 5 heteroatoms. The molecule has 1 aliphatic rings. The predicted molar refractivity (Wildman–Crippen MR) is 100 cm³/mol. The normalized spacial score (nSPS) is 12.3. The van der Waals surface area contributed by atoms with Crippen LogP contribution >= 0.6 is 28.3 Å². The molecule has 0 aliphatic carbocycles. The van der Waals surface area contributed by atoms with E-state index in [1.165, 1.54) is 16.8 Å². The van der Waals surface area contributed by atoms with Crippen molar-refractivity contribution in [3.8, 4) is 11.5 Å². The van der Waals surface area contributed by atoms with Gasteiger partial charge in [-0.15, -0.1) is 12.4 Å². The first-order valence-corrected chi connectivity index (χ1v) is 8.21. The quantitative estimate of drug-likeness (QED) is 0.748. The number of anilines is 1. The molecule has 0 unspecified atom stereocenters. The Morgan fingerprint density at radius 1 is 1.17 bits per heavy atom. The van der Waals surface area contributed by atoms with Gasteiger partial charge in [0.25, 0.3) is 0 Å². The van der Waals surface area contributed by atoms with E-state index in [1.54, 1.807) is 7.11 Å². The Kier molecular flexibility index (Phi) is 5.95. The first-order chi connectivity index (χ1) is 10.6. The highest BCUT2D eigenvalue weighted by atomic mass is 79.9. The van der Waals surface area contributed by atoms with Crippen LogP contribution in [0.1, 0.15) is 22.3 Å². The van der Waals surface area contributed by atoms with Gasteiger partial charge in [0.1, 0.15) is 11.5 Å². The van der Waals surface area contributed by atoms with Gasteiger partial charge in [0.2, 0.25) is 0 Å². The molecular formula is C18H21BrClNO2. The molecule has 0 bridgehead atoms. The zero-order chi connectivity index (χ0) is 15.7. The molecule has 0 fully saturated rings. The topological polar surface area (TPSA) is 30.5 Å². The number of rotatable bonds is 4. The van der Waals surface area contributed by atoms with Crippen molar-refractivity contribution < 1.29 is 9.47 Å². The second kappa shape index (κ2) is 7.56. The van der Waals surface area contributed by atoms with Gasteiger partial charge in [-0.25, -0.2) is 0 Å². The summed E-state index contributed by atoms with van der Waals surface area (Å²) in [5.41, 5.74) is 6.01. The Balaban J connectivity index is 0.00000192. The molecule has 3 rings (SSSR count). The summed E-state index contributed by atoms with van der Waals surface area (Å²) in [5, 5.41) is 3.40. The van der Waals surface area contributed by atoms with E-state index in [9.17, 15) is 0 Å². The Bertz CT molecular complexity index is 719. The van der Waals surface area contributed by atoms with Gasteiger partial charge in [-0.3, -0.25) is 0 Å². The lowest BCUT2D eigenvalue weighted by atomic mass is 10.1. The SMILES string of the molecule is COCc1cc(Oc2ccc3c(c2C)CCN3)c(C)cc1Br.Cl. The van der Waals surface area contributed by atoms with Crippen LogP contribution in [0.3, 0.4) is 0 Å². The lowest BCUT2D eigenvalue weighted by Crippen LogP contribution is -1.96. The number of methoxy groups -OCH3 is 1. The summed E-state index contributed by atoms with van der Waals surface area (Å²) in [6.07, 6.45) is 1.06. The fourth-order valence-corrected chi connectivity index (χ4v) is 3.42. The maximum atomic E-state index is 6.20. The minimum absolute atomic E-state index is 0. The number of halogens is 2. The van der Waals surface area contributed by atoms with E-state index in [1.807, 2.05) is 12.1 Å². The van der Waals surface area contributed by atoms with E-state index in [0.717, 1.165) is 40.1 Å². The molecule has 2 aromatic rings. The molecule has 0 amide bonds. The summed E-state index contributed by atoms with van der Waals surface area (Å²) in [6.45, 7) is 5.76. The van der Waals surface area contributed by atoms with Crippen LogP contribution in [-0.2, 0) is 17.8 Å². The number of hydrogen-bond acceptors (Lipinski definition) is 3. The zero-order valence-corrected chi connectivity index (χ0v) is 15.9. The molecule has 0 saturated carbocycles. The van der Waals surface area contributed by atoms with Crippen molar-refractivity contribution in [2.75, 3.05) is 19.0 Å². The minimum atomic E-state index is 0. The monoisotopic (exact) mass is 397 g/mol. The van der Waals surface area contributed by atoms with Gasteiger partial charge in [0, 0.05) is 23.8 Å². The van der Waals surface area contributed by atoms with Gasteiger partial charge in [-0.1, -0.05) is 15.9 Å². The van der Waals surface area contributed by atoms with Gasteiger partial charge < -0.3 is 14.8 Å². The molecule has 0 saturated heterocycles. The first kappa shape index (κ1) is 18.1. The van der Waals surface area contributed by atoms with Gasteiger partial charge in [0.05, 0.1) is 6.61 Å². The Hall–Kier alpha value is -1.23. The van der Waals surface area contributed by atoms with Crippen molar-refractivity contribution in [3.63, 3.8) is 0 Å². The van der Waals surface area contributed by atoms with Crippen LogP contribution in [0.4, 0.5) is 5.69 Å². The summed E-state index contributed by atoms with van der Waals surface area (Å²) in [5.74, 6) is 1.81. The van der Waals surface area contributed by atoms with Gasteiger partial charge >= 0.3 is 0 Å². The molecule has 1 aliphatic heterocycles. The number of ether oxygens (including phenoxy) is 2. The van der Waals surface area contributed by atoms with Crippen LogP contribution in [0.25, 0.3) is 0 Å². The molecule has 1 N–H and O–H groups in total. The van der Waals surface area contributed by atoms with E-state index in [0.29, 0.717) is 6.61 Å². The predicted octanol–water partition coefficient (Wildman–Crippen LogP) is 5.39. The van der Waals surface area contributed by atoms with Crippen LogP contribution in [-0.4, -0.2) is 13.7 Å². The van der Waals surface area contributed by atoms with Crippen LogP contribution in [0, 0.1) is 13.8 Å². The van der Waals surface area contributed by atoms with E-state index < -0.39 is 0 Å². The van der Waals surface area contributed by atoms with Gasteiger partial charge in [-0.05, 0) is 66.8 Å². The Labute approximate surface area is 151 Å². The van der Waals surface area contributed by atoms with E-state index >= 15 is 0 Å². The van der Waals surface area contributed by atoms with E-state index in [4.69, 9.17) is 9.47 Å². The van der Waals surface area contributed by atoms with Crippen molar-refractivity contribution >= 4 is 34.0 Å². The lowest BCUT2D eigenvalue weighted by Gasteiger charge is -2.15. The van der Waals surface area contributed by atoms with Gasteiger partial charge in [-0.2, -0.15) is 0 Å². The lowest BCUT2D eigenvalue weighted by molar-refractivity contribution is 0.184. The van der Waals surface area contributed by atoms with Crippen molar-refractivity contribution in [3.05, 3.63) is 51.0 Å². The maximum Gasteiger partial charge on any atom is 0.130 e. The number of benzene rings is 2. The Morgan fingerprint density at radius 2 is 1.96 bits per heavy atom. The number of fused-ring (bicyclic) bond motifs is 1. The fourth-order valence-electron chi connectivity index (χ4n) is 2.85. The van der Waals surface area contributed by atoms with Crippen molar-refractivity contribution in [2.45, 2.75) is 26.9 Å². The summed E-state index contributed by atoms with van der Waals surface area (Å²) in [6, 6.07) is 8.28. The van der Waals surface area contributed by atoms with Crippen LogP contribution < -0.4 is 10.1 Å². The molecule has 3 nitrogen and oxygen atoms in total. The molecule has 0 radical (unpaired) electrons. The summed E-state index contributed by atoms with van der Waals surface area (Å²) in [7, 11) is 1.70. The van der Waals surface area contributed by atoms with Crippen LogP contribution in [0.15, 0.2) is 28.7 Å². The maximum absolute atomic E-state index is 6.20. The largest absolute Gasteiger partial charge is 0.457 e. The van der Waals surface area contributed by atoms with E-state index in [2.05, 4.69) is 47.2 Å². The first-order valence-electron chi connectivity index (χ1n) is 7.42. The standard InChI is InChI=1S/C18H20BrNO2.ClH/c1-11-8-15(19)13(10-21-3)9-18(11)22-17-5-4-16-14(12(17)2)6-7-20-16;/h4-5,8-9,20H,6-7,10H2,1-3H3;1H. The third-order valence-corrected chi connectivity index (χ3v) is 4.84. The third kappa shape index (κ3) is 3.65. The molecule has 0 aromatic heterocycles. The zero-order valence-electron chi connectivity index (χ0n) is 13.5. The average Bonchev–Trinajstić information content (AvgIpc) is 2.96. The van der Waals surface area contributed by atoms with Crippen LogP contribution in [0.2, 0.25) is 0 Å². The third-order valence-electron chi connectivity index (χ3n) is 4.10. The number of hydrogen-bond donors (Lipinski definition) is 1. The summed E-state index contributed by atoms with van der Waals surface area (Å²) >= 11 is 3.58. The van der Waals surface area contributed by atoms with Gasteiger partial charge in [0.15, 0.2) is 0 Å². The molecule has 23 heavy (non-hydrogen) atoms. The van der Waals surface area contributed by atoms with Crippen molar-refractivity contribution in [1.29, 1.82) is 0 Å². The average molecular weight is 399 g/mol. The van der Waals surface area contributed by atoms with Crippen molar-refractivity contribution in [1.82, 2.24) is 0 Å². The highest BCUT2D eigenvalue weighted by Crippen LogP contribution is 2.36. The van der Waals surface area contributed by atoms with Crippen molar-refractivity contribution in [2.24, 2.45) is 0 Å². The molecule has 124 valence electrons. The molecular weight excluding hydrogens is 378 g/mol. The fraction of sp³-hybridized carbons (Fsp3) is 0.333. The molecule has 2 aromatic carbocycles. The Morgan fingerprint density at radius 3 is 2.70 bits per heavy atom. The minimum Gasteiger partial charge on any atom is -0.457 e. The second-order valence-electron chi connectivity index (χ2n) is 5.64. The molecule has 0 spiro atoms. The smallest absolute Gasteiger partial charge is 0.130 e. The number of aryl methyl sites for hydroxylation is 1. The summed E-state index contributed by atoms with van der Waals surface area (Å²) < 4.78 is 12.5. The number of nitrogens with one attached hydrogen (secondary N) is 1. The highest BCUT2D eigenvalue weighted by molar-refractivity contribution is 9.10. The van der Waals surface area contributed by atoms with Crippen LogP contribution in [0.5, 0.6) is 11.5 Å².